The number of rotatable bonds is 4. The van der Waals surface area contributed by atoms with Gasteiger partial charge in [0.2, 0.25) is 10.0 Å². The first-order chi connectivity index (χ1) is 9.40. The molecule has 0 saturated heterocycles. The van der Waals surface area contributed by atoms with Crippen LogP contribution >= 0.6 is 23.2 Å². The molecular weight excluding hydrogens is 337 g/mol. The number of halogens is 2. The second-order valence-corrected chi connectivity index (χ2v) is 8.07. The van der Waals surface area contributed by atoms with E-state index in [4.69, 9.17) is 27.9 Å². The molecule has 0 fully saturated rings. The predicted molar refractivity (Wildman–Crippen MR) is 82.1 cm³/mol. The van der Waals surface area contributed by atoms with Gasteiger partial charge in [0.1, 0.15) is 11.6 Å². The molecule has 8 heteroatoms. The molecule has 0 spiro atoms. The van der Waals surface area contributed by atoms with E-state index < -0.39 is 27.6 Å². The zero-order valence-electron chi connectivity index (χ0n) is 12.1. The van der Waals surface area contributed by atoms with Crippen molar-refractivity contribution in [3.8, 4) is 0 Å². The zero-order valence-corrected chi connectivity index (χ0v) is 14.4. The van der Waals surface area contributed by atoms with Crippen molar-refractivity contribution in [3.63, 3.8) is 0 Å². The largest absolute Gasteiger partial charge is 0.459 e. The highest BCUT2D eigenvalue weighted by atomic mass is 35.5. The van der Waals surface area contributed by atoms with Gasteiger partial charge < -0.3 is 4.74 Å². The van der Waals surface area contributed by atoms with Gasteiger partial charge in [0.15, 0.2) is 0 Å². The standard InChI is InChI=1S/C13H17Cl2NO4S/c1-8(12(17)20-13(2,3)4)16-21(18,19)11-6-9(14)5-10(15)7-11/h5-8,16H,1-4H3/t8-/m1/s1. The minimum Gasteiger partial charge on any atom is -0.459 e. The van der Waals surface area contributed by atoms with Gasteiger partial charge in [-0.25, -0.2) is 8.42 Å². The first-order valence-electron chi connectivity index (χ1n) is 6.12. The van der Waals surface area contributed by atoms with E-state index in [9.17, 15) is 13.2 Å². The molecule has 0 saturated carbocycles. The van der Waals surface area contributed by atoms with E-state index in [1.165, 1.54) is 25.1 Å². The molecule has 1 atom stereocenters. The molecule has 0 aliphatic carbocycles. The van der Waals surface area contributed by atoms with Crippen LogP contribution in [0.15, 0.2) is 23.1 Å². The van der Waals surface area contributed by atoms with E-state index in [0.29, 0.717) is 0 Å². The third-order valence-electron chi connectivity index (χ3n) is 2.24. The van der Waals surface area contributed by atoms with Crippen LogP contribution in [0.25, 0.3) is 0 Å². The maximum Gasteiger partial charge on any atom is 0.324 e. The highest BCUT2D eigenvalue weighted by Gasteiger charge is 2.26. The second kappa shape index (κ2) is 6.52. The minimum absolute atomic E-state index is 0.115. The van der Waals surface area contributed by atoms with Gasteiger partial charge in [0.05, 0.1) is 4.90 Å². The normalized spacial score (nSPS) is 13.8. The molecule has 0 aromatic heterocycles. The van der Waals surface area contributed by atoms with Crippen molar-refractivity contribution in [1.82, 2.24) is 4.72 Å². The van der Waals surface area contributed by atoms with E-state index >= 15 is 0 Å². The summed E-state index contributed by atoms with van der Waals surface area (Å²) in [6, 6.07) is 2.88. The maximum atomic E-state index is 12.2. The summed E-state index contributed by atoms with van der Waals surface area (Å²) in [4.78, 5) is 11.7. The van der Waals surface area contributed by atoms with Gasteiger partial charge in [-0.3, -0.25) is 4.79 Å². The maximum absolute atomic E-state index is 12.2. The van der Waals surface area contributed by atoms with Gasteiger partial charge in [0, 0.05) is 10.0 Å². The fourth-order valence-corrected chi connectivity index (χ4v) is 3.34. The van der Waals surface area contributed by atoms with Crippen molar-refractivity contribution >= 4 is 39.2 Å². The molecule has 1 aromatic rings. The number of sulfonamides is 1. The van der Waals surface area contributed by atoms with Crippen molar-refractivity contribution in [1.29, 1.82) is 0 Å². The van der Waals surface area contributed by atoms with Crippen LogP contribution in [0.3, 0.4) is 0 Å². The first-order valence-corrected chi connectivity index (χ1v) is 8.36. The van der Waals surface area contributed by atoms with E-state index in [2.05, 4.69) is 4.72 Å². The van der Waals surface area contributed by atoms with Crippen LogP contribution in [0.5, 0.6) is 0 Å². The summed E-state index contributed by atoms with van der Waals surface area (Å²) >= 11 is 11.5. The monoisotopic (exact) mass is 353 g/mol. The Morgan fingerprint density at radius 3 is 2.10 bits per heavy atom. The van der Waals surface area contributed by atoms with Gasteiger partial charge in [-0.1, -0.05) is 23.2 Å². The van der Waals surface area contributed by atoms with Crippen LogP contribution in [-0.2, 0) is 19.6 Å². The van der Waals surface area contributed by atoms with Crippen molar-refractivity contribution in [3.05, 3.63) is 28.2 Å². The summed E-state index contributed by atoms with van der Waals surface area (Å²) in [5, 5.41) is 0.376. The lowest BCUT2D eigenvalue weighted by atomic mass is 10.2. The van der Waals surface area contributed by atoms with Crippen molar-refractivity contribution in [2.75, 3.05) is 0 Å². The number of nitrogens with one attached hydrogen (secondary N) is 1. The van der Waals surface area contributed by atoms with Gasteiger partial charge >= 0.3 is 5.97 Å². The molecule has 0 unspecified atom stereocenters. The number of hydrogen-bond acceptors (Lipinski definition) is 4. The summed E-state index contributed by atoms with van der Waals surface area (Å²) < 4.78 is 31.7. The average Bonchev–Trinajstić information content (AvgIpc) is 2.24. The Bertz CT molecular complexity index is 618. The Morgan fingerprint density at radius 1 is 1.19 bits per heavy atom. The average molecular weight is 354 g/mol. The van der Waals surface area contributed by atoms with Crippen LogP contribution in [0.2, 0.25) is 10.0 Å². The van der Waals surface area contributed by atoms with Gasteiger partial charge in [0.25, 0.3) is 0 Å². The van der Waals surface area contributed by atoms with Crippen LogP contribution < -0.4 is 4.72 Å². The number of hydrogen-bond donors (Lipinski definition) is 1. The minimum atomic E-state index is -3.92. The van der Waals surface area contributed by atoms with Gasteiger partial charge in [-0.15, -0.1) is 0 Å². The Labute approximate surface area is 134 Å². The quantitative estimate of drug-likeness (QED) is 0.844. The Kier molecular flexibility index (Phi) is 5.66. The lowest BCUT2D eigenvalue weighted by Crippen LogP contribution is -2.42. The summed E-state index contributed by atoms with van der Waals surface area (Å²) in [6.45, 7) is 6.49. The van der Waals surface area contributed by atoms with Gasteiger partial charge in [-0.2, -0.15) is 4.72 Å². The lowest BCUT2D eigenvalue weighted by molar-refractivity contribution is -0.156. The summed E-state index contributed by atoms with van der Waals surface area (Å²) in [6.07, 6.45) is 0. The fraction of sp³-hybridized carbons (Fsp3) is 0.462. The van der Waals surface area contributed by atoms with Crippen molar-refractivity contribution in [2.24, 2.45) is 0 Å². The topological polar surface area (TPSA) is 72.5 Å². The predicted octanol–water partition coefficient (Wildman–Crippen LogP) is 3.00. The third kappa shape index (κ3) is 5.82. The van der Waals surface area contributed by atoms with E-state index in [0.717, 1.165) is 0 Å². The second-order valence-electron chi connectivity index (χ2n) is 5.48. The third-order valence-corrected chi connectivity index (χ3v) is 4.20. The molecule has 0 amide bonds. The molecule has 0 aliphatic heterocycles. The van der Waals surface area contributed by atoms with Gasteiger partial charge in [-0.05, 0) is 45.9 Å². The smallest absolute Gasteiger partial charge is 0.324 e. The fourth-order valence-electron chi connectivity index (χ4n) is 1.42. The molecule has 118 valence electrons. The van der Waals surface area contributed by atoms with Crippen LogP contribution in [0.4, 0.5) is 0 Å². The molecule has 0 bridgehead atoms. The summed E-state index contributed by atoms with van der Waals surface area (Å²) in [5.74, 6) is -0.667. The Hall–Kier alpha value is -0.820. The van der Waals surface area contributed by atoms with E-state index in [-0.39, 0.29) is 14.9 Å². The summed E-state index contributed by atoms with van der Waals surface area (Å²) in [5.41, 5.74) is -0.698. The molecule has 1 N–H and O–H groups in total. The van der Waals surface area contributed by atoms with Crippen LogP contribution in [0, 0.1) is 0 Å². The number of esters is 1. The Morgan fingerprint density at radius 2 is 1.67 bits per heavy atom. The molecular formula is C13H17Cl2NO4S. The molecule has 0 radical (unpaired) electrons. The number of ether oxygens (including phenoxy) is 1. The molecule has 1 aromatic carbocycles. The summed E-state index contributed by atoms with van der Waals surface area (Å²) in [7, 11) is -3.92. The highest BCUT2D eigenvalue weighted by Crippen LogP contribution is 2.22. The SMILES string of the molecule is C[C@@H](NS(=O)(=O)c1cc(Cl)cc(Cl)c1)C(=O)OC(C)(C)C. The molecule has 0 heterocycles. The molecule has 1 rings (SSSR count). The number of carbonyl (C=O) groups is 1. The number of benzene rings is 1. The molecule has 5 nitrogen and oxygen atoms in total. The lowest BCUT2D eigenvalue weighted by Gasteiger charge is -2.22. The number of carbonyl (C=O) groups excluding carboxylic acids is 1. The van der Waals surface area contributed by atoms with E-state index in [1.54, 1.807) is 20.8 Å². The highest BCUT2D eigenvalue weighted by molar-refractivity contribution is 7.89. The van der Waals surface area contributed by atoms with Crippen LogP contribution in [-0.4, -0.2) is 26.0 Å². The molecule has 21 heavy (non-hydrogen) atoms. The van der Waals surface area contributed by atoms with E-state index in [1.807, 2.05) is 0 Å². The van der Waals surface area contributed by atoms with Crippen LogP contribution in [0.1, 0.15) is 27.7 Å². The first kappa shape index (κ1) is 18.2. The molecule has 0 aliphatic rings. The van der Waals surface area contributed by atoms with Crippen molar-refractivity contribution in [2.45, 2.75) is 44.2 Å². The van der Waals surface area contributed by atoms with Crippen molar-refractivity contribution < 1.29 is 17.9 Å². The Balaban J connectivity index is 2.92. The zero-order chi connectivity index (χ0) is 16.4.